The highest BCUT2D eigenvalue weighted by atomic mass is 32.2. The molecule has 0 amide bonds. The standard InChI is InChI=1S/C13H12FNO3S/c1-18-12-7-2-3-8-13(12)19(16,17)15-11-6-4-5-10(14)9-11/h2-9,15H,1H3. The number of halogens is 1. The largest absolute Gasteiger partial charge is 0.495 e. The molecule has 0 aliphatic carbocycles. The average Bonchev–Trinajstić information content (AvgIpc) is 2.38. The summed E-state index contributed by atoms with van der Waals surface area (Å²) in [4.78, 5) is 0.00163. The molecule has 19 heavy (non-hydrogen) atoms. The lowest BCUT2D eigenvalue weighted by atomic mass is 10.3. The maximum atomic E-state index is 13.0. The van der Waals surface area contributed by atoms with Gasteiger partial charge in [-0.05, 0) is 30.3 Å². The third-order valence-electron chi connectivity index (χ3n) is 2.44. The Bertz CT molecular complexity index is 686. The number of benzene rings is 2. The van der Waals surface area contributed by atoms with E-state index in [-0.39, 0.29) is 16.3 Å². The van der Waals surface area contributed by atoms with E-state index in [0.29, 0.717) is 0 Å². The smallest absolute Gasteiger partial charge is 0.265 e. The Labute approximate surface area is 110 Å². The van der Waals surface area contributed by atoms with E-state index in [0.717, 1.165) is 6.07 Å². The van der Waals surface area contributed by atoms with Crippen LogP contribution in [-0.4, -0.2) is 15.5 Å². The van der Waals surface area contributed by atoms with Crippen LogP contribution in [0, 0.1) is 5.82 Å². The fourth-order valence-corrected chi connectivity index (χ4v) is 2.82. The number of rotatable bonds is 4. The van der Waals surface area contributed by atoms with Crippen LogP contribution in [0.4, 0.5) is 10.1 Å². The predicted molar refractivity (Wildman–Crippen MR) is 70.2 cm³/mol. The molecule has 0 aliphatic heterocycles. The van der Waals surface area contributed by atoms with E-state index in [9.17, 15) is 12.8 Å². The van der Waals surface area contributed by atoms with Gasteiger partial charge in [0, 0.05) is 0 Å². The molecule has 1 N–H and O–H groups in total. The first-order chi connectivity index (χ1) is 9.03. The quantitative estimate of drug-likeness (QED) is 0.937. The summed E-state index contributed by atoms with van der Waals surface area (Å²) < 4.78 is 44.7. The summed E-state index contributed by atoms with van der Waals surface area (Å²) in [6, 6.07) is 11.4. The number of sulfonamides is 1. The normalized spacial score (nSPS) is 11.1. The molecule has 0 unspecified atom stereocenters. The second-order valence-corrected chi connectivity index (χ2v) is 5.42. The van der Waals surface area contributed by atoms with Gasteiger partial charge in [0.25, 0.3) is 10.0 Å². The number of hydrogen-bond donors (Lipinski definition) is 1. The van der Waals surface area contributed by atoms with Crippen LogP contribution in [0.15, 0.2) is 53.4 Å². The van der Waals surface area contributed by atoms with Crippen molar-refractivity contribution < 1.29 is 17.5 Å². The van der Waals surface area contributed by atoms with Gasteiger partial charge in [0.2, 0.25) is 0 Å². The van der Waals surface area contributed by atoms with E-state index in [2.05, 4.69) is 4.72 Å². The van der Waals surface area contributed by atoms with E-state index in [1.54, 1.807) is 18.2 Å². The molecule has 0 spiro atoms. The van der Waals surface area contributed by atoms with Crippen LogP contribution in [0.5, 0.6) is 5.75 Å². The Morgan fingerprint density at radius 3 is 2.53 bits per heavy atom. The number of hydrogen-bond acceptors (Lipinski definition) is 3. The van der Waals surface area contributed by atoms with Crippen molar-refractivity contribution in [2.45, 2.75) is 4.90 Å². The average molecular weight is 281 g/mol. The molecule has 0 fully saturated rings. The van der Waals surface area contributed by atoms with Crippen molar-refractivity contribution in [3.8, 4) is 5.75 Å². The molecule has 0 aliphatic rings. The van der Waals surface area contributed by atoms with Crippen molar-refractivity contribution in [3.05, 3.63) is 54.3 Å². The molecule has 4 nitrogen and oxygen atoms in total. The van der Waals surface area contributed by atoms with Crippen LogP contribution in [-0.2, 0) is 10.0 Å². The van der Waals surface area contributed by atoms with Crippen molar-refractivity contribution in [1.29, 1.82) is 0 Å². The molecule has 0 bridgehead atoms. The van der Waals surface area contributed by atoms with Crippen molar-refractivity contribution in [2.75, 3.05) is 11.8 Å². The van der Waals surface area contributed by atoms with Crippen molar-refractivity contribution in [2.24, 2.45) is 0 Å². The molecule has 2 aromatic carbocycles. The summed E-state index contributed by atoms with van der Waals surface area (Å²) in [6.07, 6.45) is 0. The SMILES string of the molecule is COc1ccccc1S(=O)(=O)Nc1cccc(F)c1. The number of anilines is 1. The van der Waals surface area contributed by atoms with Gasteiger partial charge in [0.15, 0.2) is 0 Å². The van der Waals surface area contributed by atoms with Gasteiger partial charge in [-0.2, -0.15) is 0 Å². The topological polar surface area (TPSA) is 55.4 Å². The lowest BCUT2D eigenvalue weighted by Crippen LogP contribution is -2.14. The van der Waals surface area contributed by atoms with Gasteiger partial charge in [-0.1, -0.05) is 18.2 Å². The van der Waals surface area contributed by atoms with Gasteiger partial charge in [-0.25, -0.2) is 12.8 Å². The molecule has 2 aromatic rings. The summed E-state index contributed by atoms with van der Waals surface area (Å²) in [5.41, 5.74) is 0.158. The van der Waals surface area contributed by atoms with Crippen molar-refractivity contribution in [3.63, 3.8) is 0 Å². The molecule has 0 saturated carbocycles. The van der Waals surface area contributed by atoms with E-state index < -0.39 is 15.8 Å². The molecule has 0 atom stereocenters. The molecule has 100 valence electrons. The van der Waals surface area contributed by atoms with Crippen LogP contribution in [0.1, 0.15) is 0 Å². The Morgan fingerprint density at radius 2 is 1.84 bits per heavy atom. The monoisotopic (exact) mass is 281 g/mol. The zero-order valence-corrected chi connectivity index (χ0v) is 10.9. The summed E-state index contributed by atoms with van der Waals surface area (Å²) in [6.45, 7) is 0. The maximum absolute atomic E-state index is 13.0. The first-order valence-corrected chi connectivity index (χ1v) is 6.92. The molecule has 6 heteroatoms. The van der Waals surface area contributed by atoms with Crippen LogP contribution >= 0.6 is 0 Å². The van der Waals surface area contributed by atoms with E-state index in [1.807, 2.05) is 0 Å². The third-order valence-corrected chi connectivity index (χ3v) is 3.86. The first kappa shape index (κ1) is 13.4. The van der Waals surface area contributed by atoms with Crippen LogP contribution in [0.25, 0.3) is 0 Å². The lowest BCUT2D eigenvalue weighted by molar-refractivity contribution is 0.403. The fourth-order valence-electron chi connectivity index (χ4n) is 1.60. The van der Waals surface area contributed by atoms with Crippen LogP contribution in [0.3, 0.4) is 0 Å². The van der Waals surface area contributed by atoms with E-state index >= 15 is 0 Å². The highest BCUT2D eigenvalue weighted by molar-refractivity contribution is 7.92. The number of methoxy groups -OCH3 is 1. The Balaban J connectivity index is 2.38. The Kier molecular flexibility index (Phi) is 3.71. The van der Waals surface area contributed by atoms with Crippen molar-refractivity contribution >= 4 is 15.7 Å². The third kappa shape index (κ3) is 3.03. The molecule has 0 saturated heterocycles. The van der Waals surface area contributed by atoms with Crippen molar-refractivity contribution in [1.82, 2.24) is 0 Å². The molecule has 0 heterocycles. The minimum Gasteiger partial charge on any atom is -0.495 e. The zero-order chi connectivity index (χ0) is 13.9. The number of para-hydroxylation sites is 1. The second-order valence-electron chi connectivity index (χ2n) is 3.77. The Morgan fingerprint density at radius 1 is 1.11 bits per heavy atom. The molecule has 2 rings (SSSR count). The van der Waals surface area contributed by atoms with Gasteiger partial charge in [0.05, 0.1) is 12.8 Å². The van der Waals surface area contributed by atoms with Crippen LogP contribution in [0.2, 0.25) is 0 Å². The number of ether oxygens (including phenoxy) is 1. The maximum Gasteiger partial charge on any atom is 0.265 e. The summed E-state index contributed by atoms with van der Waals surface area (Å²) in [5, 5.41) is 0. The van der Waals surface area contributed by atoms with E-state index in [1.165, 1.54) is 31.4 Å². The molecular weight excluding hydrogens is 269 g/mol. The molecule has 0 aromatic heterocycles. The van der Waals surface area contributed by atoms with E-state index in [4.69, 9.17) is 4.74 Å². The van der Waals surface area contributed by atoms with Gasteiger partial charge < -0.3 is 4.74 Å². The summed E-state index contributed by atoms with van der Waals surface area (Å²) >= 11 is 0. The molecule has 0 radical (unpaired) electrons. The first-order valence-electron chi connectivity index (χ1n) is 5.44. The summed E-state index contributed by atoms with van der Waals surface area (Å²) in [7, 11) is -2.43. The fraction of sp³-hybridized carbons (Fsp3) is 0.0769. The zero-order valence-electron chi connectivity index (χ0n) is 10.1. The highest BCUT2D eigenvalue weighted by Gasteiger charge is 2.18. The number of nitrogens with one attached hydrogen (secondary N) is 1. The van der Waals surface area contributed by atoms with Crippen LogP contribution < -0.4 is 9.46 Å². The van der Waals surface area contributed by atoms with Gasteiger partial charge >= 0.3 is 0 Å². The second kappa shape index (κ2) is 5.27. The lowest BCUT2D eigenvalue weighted by Gasteiger charge is -2.11. The highest BCUT2D eigenvalue weighted by Crippen LogP contribution is 2.25. The predicted octanol–water partition coefficient (Wildman–Crippen LogP) is 2.64. The Hall–Kier alpha value is -2.08. The minimum absolute atomic E-state index is 0.00163. The van der Waals surface area contributed by atoms with Gasteiger partial charge in [0.1, 0.15) is 16.5 Å². The summed E-state index contributed by atoms with van der Waals surface area (Å²) in [5.74, 6) is -0.286. The minimum atomic E-state index is -3.81. The molecular formula is C13H12FNO3S. The van der Waals surface area contributed by atoms with Gasteiger partial charge in [-0.3, -0.25) is 4.72 Å². The van der Waals surface area contributed by atoms with Gasteiger partial charge in [-0.15, -0.1) is 0 Å².